The molecule has 118 valence electrons. The molecule has 0 unspecified atom stereocenters. The van der Waals surface area contributed by atoms with E-state index in [-0.39, 0.29) is 5.56 Å². The van der Waals surface area contributed by atoms with Gasteiger partial charge in [0, 0.05) is 10.9 Å². The van der Waals surface area contributed by atoms with Gasteiger partial charge in [0.2, 0.25) is 0 Å². The van der Waals surface area contributed by atoms with E-state index < -0.39 is 6.67 Å². The van der Waals surface area contributed by atoms with Gasteiger partial charge in [0.05, 0.1) is 18.2 Å². The molecule has 0 aliphatic rings. The van der Waals surface area contributed by atoms with Crippen LogP contribution in [0.25, 0.3) is 10.9 Å². The van der Waals surface area contributed by atoms with Gasteiger partial charge in [-0.2, -0.15) is 5.26 Å². The van der Waals surface area contributed by atoms with Gasteiger partial charge in [-0.25, -0.2) is 4.39 Å². The Bertz CT molecular complexity index is 881. The number of nitrogens with zero attached hydrogens (tertiary/aromatic N) is 2. The van der Waals surface area contributed by atoms with Crippen molar-refractivity contribution >= 4 is 22.2 Å². The van der Waals surface area contributed by atoms with E-state index in [1.165, 1.54) is 17.4 Å². The molecule has 0 atom stereocenters. The summed E-state index contributed by atoms with van der Waals surface area (Å²) in [6.07, 6.45) is 7.35. The topological polar surface area (TPSA) is 45.3 Å². The van der Waals surface area contributed by atoms with Gasteiger partial charge in [-0.05, 0) is 36.6 Å². The van der Waals surface area contributed by atoms with Crippen molar-refractivity contribution < 1.29 is 4.39 Å². The van der Waals surface area contributed by atoms with E-state index in [0.29, 0.717) is 18.4 Å². The highest BCUT2D eigenvalue weighted by atomic mass is 32.1. The fourth-order valence-electron chi connectivity index (χ4n) is 2.35. The average molecular weight is 328 g/mol. The third-order valence-electron chi connectivity index (χ3n) is 3.39. The predicted molar refractivity (Wildman–Crippen MR) is 93.5 cm³/mol. The van der Waals surface area contributed by atoms with Gasteiger partial charge in [-0.15, -0.1) is 11.3 Å². The maximum absolute atomic E-state index is 13.1. The molecule has 2 aromatic heterocycles. The number of thiazole rings is 1. The number of pyridine rings is 1. The van der Waals surface area contributed by atoms with Gasteiger partial charge in [0.15, 0.2) is 0 Å². The molecule has 0 fully saturated rings. The van der Waals surface area contributed by atoms with Crippen molar-refractivity contribution in [3.8, 4) is 6.07 Å². The van der Waals surface area contributed by atoms with Gasteiger partial charge >= 0.3 is 0 Å². The van der Waals surface area contributed by atoms with E-state index in [4.69, 9.17) is 5.26 Å². The molecule has 0 aliphatic heterocycles. The van der Waals surface area contributed by atoms with Crippen LogP contribution >= 0.6 is 11.3 Å². The highest BCUT2D eigenvalue weighted by Crippen LogP contribution is 2.23. The molecule has 0 saturated heterocycles. The number of fused-ring (bicyclic) bond motifs is 1. The Balaban J connectivity index is 2.36. The molecule has 2 aromatic rings. The summed E-state index contributed by atoms with van der Waals surface area (Å²) in [6.45, 7) is 5.11. The minimum atomic E-state index is -0.586. The Morgan fingerprint density at radius 1 is 1.52 bits per heavy atom. The highest BCUT2D eigenvalue weighted by molar-refractivity contribution is 7.17. The van der Waals surface area contributed by atoms with Crippen molar-refractivity contribution in [3.63, 3.8) is 0 Å². The normalized spacial score (nSPS) is 12.0. The SMILES string of the molecule is C=Cc1c(C)sc2cc(C/C(=C/C=C\CC#N)CF)cc(=O)n12. The van der Waals surface area contributed by atoms with Crippen LogP contribution in [0.1, 0.15) is 22.6 Å². The van der Waals surface area contributed by atoms with E-state index in [0.717, 1.165) is 21.0 Å². The fourth-order valence-corrected chi connectivity index (χ4v) is 3.43. The van der Waals surface area contributed by atoms with Crippen LogP contribution < -0.4 is 5.56 Å². The van der Waals surface area contributed by atoms with E-state index in [1.54, 1.807) is 28.7 Å². The van der Waals surface area contributed by atoms with E-state index in [9.17, 15) is 9.18 Å². The molecule has 5 heteroatoms. The second kappa shape index (κ2) is 7.70. The molecule has 2 rings (SSSR count). The molecule has 0 aromatic carbocycles. The molecule has 0 spiro atoms. The zero-order chi connectivity index (χ0) is 16.8. The first-order valence-corrected chi connectivity index (χ1v) is 7.97. The van der Waals surface area contributed by atoms with Crippen molar-refractivity contribution in [3.05, 3.63) is 69.0 Å². The smallest absolute Gasteiger partial charge is 0.256 e. The molecular weight excluding hydrogens is 311 g/mol. The van der Waals surface area contributed by atoms with Crippen LogP contribution in [0, 0.1) is 18.3 Å². The zero-order valence-electron chi connectivity index (χ0n) is 12.9. The van der Waals surface area contributed by atoms with Gasteiger partial charge in [-0.1, -0.05) is 24.8 Å². The number of aromatic nitrogens is 1. The molecule has 23 heavy (non-hydrogen) atoms. The molecule has 0 N–H and O–H groups in total. The lowest BCUT2D eigenvalue weighted by atomic mass is 10.1. The Kier molecular flexibility index (Phi) is 5.67. The second-order valence-corrected chi connectivity index (χ2v) is 6.28. The van der Waals surface area contributed by atoms with Crippen molar-refractivity contribution in [2.24, 2.45) is 0 Å². The Hall–Kier alpha value is -2.45. The summed E-state index contributed by atoms with van der Waals surface area (Å²) < 4.78 is 14.8. The lowest BCUT2D eigenvalue weighted by Crippen LogP contribution is -2.13. The predicted octanol–water partition coefficient (Wildman–Crippen LogP) is 4.22. The monoisotopic (exact) mass is 328 g/mol. The Morgan fingerprint density at radius 3 is 2.96 bits per heavy atom. The third-order valence-corrected chi connectivity index (χ3v) is 4.42. The summed E-state index contributed by atoms with van der Waals surface area (Å²) in [5, 5.41) is 8.46. The number of alkyl halides is 1. The van der Waals surface area contributed by atoms with Crippen LogP contribution in [0.5, 0.6) is 0 Å². The average Bonchev–Trinajstić information content (AvgIpc) is 2.85. The minimum absolute atomic E-state index is 0.130. The molecule has 0 aliphatic carbocycles. The summed E-state index contributed by atoms with van der Waals surface area (Å²) in [5.41, 5.74) is 2.03. The molecule has 2 heterocycles. The quantitative estimate of drug-likeness (QED) is 0.745. The Morgan fingerprint density at radius 2 is 2.30 bits per heavy atom. The van der Waals surface area contributed by atoms with Crippen LogP contribution in [-0.2, 0) is 6.42 Å². The highest BCUT2D eigenvalue weighted by Gasteiger charge is 2.10. The molecular formula is C18H17FN2OS. The lowest BCUT2D eigenvalue weighted by molar-refractivity contribution is 0.536. The van der Waals surface area contributed by atoms with Crippen LogP contribution in [0.15, 0.2) is 47.3 Å². The van der Waals surface area contributed by atoms with Crippen LogP contribution in [-0.4, -0.2) is 11.1 Å². The fraction of sp³-hybridized carbons (Fsp3) is 0.222. The first-order chi connectivity index (χ1) is 11.1. The van der Waals surface area contributed by atoms with Gasteiger partial charge < -0.3 is 0 Å². The van der Waals surface area contributed by atoms with Crippen LogP contribution in [0.2, 0.25) is 0 Å². The van der Waals surface area contributed by atoms with Crippen LogP contribution in [0.3, 0.4) is 0 Å². The minimum Gasteiger partial charge on any atom is -0.269 e. The van der Waals surface area contributed by atoms with Gasteiger partial charge in [0.25, 0.3) is 5.56 Å². The summed E-state index contributed by atoms with van der Waals surface area (Å²) in [7, 11) is 0. The number of rotatable bonds is 6. The zero-order valence-corrected chi connectivity index (χ0v) is 13.7. The van der Waals surface area contributed by atoms with Crippen LogP contribution in [0.4, 0.5) is 4.39 Å². The molecule has 0 bridgehead atoms. The summed E-state index contributed by atoms with van der Waals surface area (Å²) in [5.74, 6) is 0. The lowest BCUT2D eigenvalue weighted by Gasteiger charge is -2.04. The summed E-state index contributed by atoms with van der Waals surface area (Å²) in [6, 6.07) is 5.44. The van der Waals surface area contributed by atoms with Crippen molar-refractivity contribution in [2.45, 2.75) is 19.8 Å². The first kappa shape index (κ1) is 16.9. The molecule has 0 amide bonds. The van der Waals surface area contributed by atoms with E-state index in [1.807, 2.05) is 19.1 Å². The molecule has 3 nitrogen and oxygen atoms in total. The van der Waals surface area contributed by atoms with E-state index in [2.05, 4.69) is 6.58 Å². The largest absolute Gasteiger partial charge is 0.269 e. The molecule has 0 saturated carbocycles. The second-order valence-electron chi connectivity index (χ2n) is 5.05. The maximum atomic E-state index is 13.1. The third kappa shape index (κ3) is 3.85. The number of aryl methyl sites for hydroxylation is 1. The van der Waals surface area contributed by atoms with Crippen molar-refractivity contribution in [1.29, 1.82) is 5.26 Å². The number of hydrogen-bond acceptors (Lipinski definition) is 3. The number of hydrogen-bond donors (Lipinski definition) is 0. The first-order valence-electron chi connectivity index (χ1n) is 7.15. The standard InChI is InChI=1S/C18H17FN2OS/c1-3-16-13(2)23-18-11-15(10-17(22)21(16)18)9-14(12-19)7-5-4-6-8-20/h3-5,7,10-11H,1,6,9,12H2,2H3/b5-4-,14-7-. The Labute approximate surface area is 138 Å². The summed E-state index contributed by atoms with van der Waals surface area (Å²) >= 11 is 1.52. The number of nitriles is 1. The summed E-state index contributed by atoms with van der Waals surface area (Å²) in [4.78, 5) is 14.2. The van der Waals surface area contributed by atoms with Gasteiger partial charge in [0.1, 0.15) is 11.5 Å². The van der Waals surface area contributed by atoms with Gasteiger partial charge in [-0.3, -0.25) is 9.20 Å². The number of allylic oxidation sites excluding steroid dienone is 4. The molecule has 0 radical (unpaired) electrons. The maximum Gasteiger partial charge on any atom is 0.256 e. The number of halogens is 1. The van der Waals surface area contributed by atoms with Crippen molar-refractivity contribution in [1.82, 2.24) is 4.40 Å². The van der Waals surface area contributed by atoms with Crippen molar-refractivity contribution in [2.75, 3.05) is 6.67 Å². The van der Waals surface area contributed by atoms with E-state index >= 15 is 0 Å².